The van der Waals surface area contributed by atoms with Crippen LogP contribution in [0.1, 0.15) is 18.4 Å². The van der Waals surface area contributed by atoms with Crippen LogP contribution in [0.25, 0.3) is 0 Å². The fraction of sp³-hybridized carbons (Fsp3) is 0.571. The van der Waals surface area contributed by atoms with Gasteiger partial charge in [0.15, 0.2) is 0 Å². The van der Waals surface area contributed by atoms with Crippen molar-refractivity contribution in [2.45, 2.75) is 31.6 Å². The number of hydrogen-bond acceptors (Lipinski definition) is 2. The van der Waals surface area contributed by atoms with Crippen molar-refractivity contribution in [2.75, 3.05) is 19.6 Å². The number of hydrogen-bond donors (Lipinski definition) is 0. The molecule has 2 rings (SSSR count). The molecule has 0 N–H and O–H groups in total. The monoisotopic (exact) mass is 398 g/mol. The largest absolute Gasteiger partial charge is 0.401 e. The number of piperidine rings is 1. The van der Waals surface area contributed by atoms with Crippen LogP contribution in [0.2, 0.25) is 0 Å². The van der Waals surface area contributed by atoms with Gasteiger partial charge in [0.1, 0.15) is 0 Å². The van der Waals surface area contributed by atoms with E-state index in [1.165, 1.54) is 0 Å². The molecule has 0 bridgehead atoms. The molecule has 0 spiro atoms. The molecule has 0 aliphatic carbocycles. The van der Waals surface area contributed by atoms with Crippen molar-refractivity contribution in [3.8, 4) is 0 Å². The summed E-state index contributed by atoms with van der Waals surface area (Å²) in [4.78, 5) is 1.58. The van der Waals surface area contributed by atoms with Gasteiger partial charge in [-0.3, -0.25) is 4.90 Å². The Bertz CT molecular complexity index is 403. The first kappa shape index (κ1) is 16.0. The van der Waals surface area contributed by atoms with Gasteiger partial charge in [-0.2, -0.15) is 13.2 Å². The normalized spacial score (nSPS) is 18.6. The molecule has 0 atom stereocenters. The zero-order chi connectivity index (χ0) is 14.6. The lowest BCUT2D eigenvalue weighted by atomic mass is 10.0. The number of halogens is 4. The summed E-state index contributed by atoms with van der Waals surface area (Å²) in [5.74, 6) is 0. The highest BCUT2D eigenvalue weighted by atomic mass is 127. The Kier molecular flexibility index (Phi) is 5.68. The molecule has 1 aliphatic rings. The minimum absolute atomic E-state index is 0.0165. The number of nitrogens with zero attached hydrogens (tertiary/aromatic N) is 2. The molecule has 1 aromatic carbocycles. The van der Waals surface area contributed by atoms with E-state index >= 15 is 0 Å². The summed E-state index contributed by atoms with van der Waals surface area (Å²) >= 11 is 2.23. The fourth-order valence-corrected chi connectivity index (χ4v) is 3.12. The van der Waals surface area contributed by atoms with Crippen LogP contribution in [-0.4, -0.2) is 39.9 Å². The second-order valence-electron chi connectivity index (χ2n) is 5.15. The summed E-state index contributed by atoms with van der Waals surface area (Å²) in [6.07, 6.45) is -2.55. The Morgan fingerprint density at radius 3 is 2.30 bits per heavy atom. The minimum Gasteiger partial charge on any atom is -0.288 e. The van der Waals surface area contributed by atoms with Crippen LogP contribution < -0.4 is 0 Å². The van der Waals surface area contributed by atoms with E-state index in [0.29, 0.717) is 6.54 Å². The Labute approximate surface area is 131 Å². The lowest BCUT2D eigenvalue weighted by molar-refractivity contribution is -0.153. The van der Waals surface area contributed by atoms with Crippen molar-refractivity contribution in [1.82, 2.24) is 8.01 Å². The molecule has 6 heteroatoms. The van der Waals surface area contributed by atoms with Gasteiger partial charge in [-0.1, -0.05) is 30.3 Å². The standard InChI is InChI=1S/C14H18F3IN2/c15-14(16,17)11-19(10-12-4-2-1-3-5-12)13-6-8-20(18)9-7-13/h1-5,13H,6-11H2. The topological polar surface area (TPSA) is 6.48 Å². The maximum absolute atomic E-state index is 12.8. The molecule has 0 aromatic heterocycles. The molecular formula is C14H18F3IN2. The molecule has 1 saturated heterocycles. The average Bonchev–Trinajstić information content (AvgIpc) is 2.38. The third-order valence-electron chi connectivity index (χ3n) is 3.54. The third-order valence-corrected chi connectivity index (χ3v) is 4.50. The zero-order valence-corrected chi connectivity index (χ0v) is 13.3. The summed E-state index contributed by atoms with van der Waals surface area (Å²) in [6, 6.07) is 9.41. The van der Waals surface area contributed by atoms with Gasteiger partial charge in [0.05, 0.1) is 6.54 Å². The molecule has 1 aliphatic heterocycles. The first-order valence-electron chi connectivity index (χ1n) is 6.69. The molecule has 1 aromatic rings. The summed E-state index contributed by atoms with van der Waals surface area (Å²) in [5.41, 5.74) is 0.939. The van der Waals surface area contributed by atoms with Crippen molar-refractivity contribution in [3.05, 3.63) is 35.9 Å². The highest BCUT2D eigenvalue weighted by Crippen LogP contribution is 2.25. The van der Waals surface area contributed by atoms with E-state index in [-0.39, 0.29) is 6.04 Å². The summed E-state index contributed by atoms with van der Waals surface area (Å²) in [6.45, 7) is 1.25. The summed E-state index contributed by atoms with van der Waals surface area (Å²) < 4.78 is 40.5. The molecule has 1 heterocycles. The van der Waals surface area contributed by atoms with Gasteiger partial charge >= 0.3 is 6.18 Å². The predicted octanol–water partition coefficient (Wildman–Crippen LogP) is 3.87. The van der Waals surface area contributed by atoms with Gasteiger partial charge in [-0.25, -0.2) is 3.11 Å². The van der Waals surface area contributed by atoms with Gasteiger partial charge in [0.25, 0.3) is 0 Å². The SMILES string of the molecule is FC(F)(F)CN(Cc1ccccc1)C1CCN(I)CC1. The maximum atomic E-state index is 12.8. The van der Waals surface area contributed by atoms with Gasteiger partial charge in [0, 0.05) is 48.5 Å². The van der Waals surface area contributed by atoms with E-state index in [1.54, 1.807) is 4.90 Å². The van der Waals surface area contributed by atoms with Gasteiger partial charge in [-0.05, 0) is 18.4 Å². The zero-order valence-electron chi connectivity index (χ0n) is 11.1. The first-order chi connectivity index (χ1) is 9.44. The van der Waals surface area contributed by atoms with Crippen LogP contribution in [0, 0.1) is 0 Å². The fourth-order valence-electron chi connectivity index (χ4n) is 2.56. The quantitative estimate of drug-likeness (QED) is 0.562. The van der Waals surface area contributed by atoms with Crippen LogP contribution >= 0.6 is 22.9 Å². The maximum Gasteiger partial charge on any atom is 0.401 e. The van der Waals surface area contributed by atoms with Crippen LogP contribution in [-0.2, 0) is 6.54 Å². The van der Waals surface area contributed by atoms with E-state index in [1.807, 2.05) is 30.3 Å². The predicted molar refractivity (Wildman–Crippen MR) is 81.5 cm³/mol. The first-order valence-corrected chi connectivity index (χ1v) is 7.66. The van der Waals surface area contributed by atoms with Crippen molar-refractivity contribution >= 4 is 22.9 Å². The van der Waals surface area contributed by atoms with E-state index < -0.39 is 12.7 Å². The van der Waals surface area contributed by atoms with Crippen LogP contribution in [0.5, 0.6) is 0 Å². The number of benzene rings is 1. The lowest BCUT2D eigenvalue weighted by Crippen LogP contribution is -2.45. The summed E-state index contributed by atoms with van der Waals surface area (Å²) in [7, 11) is 0. The smallest absolute Gasteiger partial charge is 0.288 e. The van der Waals surface area contributed by atoms with E-state index in [9.17, 15) is 13.2 Å². The van der Waals surface area contributed by atoms with Crippen molar-refractivity contribution in [2.24, 2.45) is 0 Å². The highest BCUT2D eigenvalue weighted by molar-refractivity contribution is 14.1. The van der Waals surface area contributed by atoms with Crippen LogP contribution in [0.15, 0.2) is 30.3 Å². The van der Waals surface area contributed by atoms with Gasteiger partial charge in [-0.15, -0.1) is 0 Å². The third kappa shape index (κ3) is 5.21. The Balaban J connectivity index is 2.04. The summed E-state index contributed by atoms with van der Waals surface area (Å²) in [5, 5.41) is 0. The average molecular weight is 398 g/mol. The van der Waals surface area contributed by atoms with Crippen molar-refractivity contribution in [1.29, 1.82) is 0 Å². The Morgan fingerprint density at radius 2 is 1.75 bits per heavy atom. The second kappa shape index (κ2) is 7.09. The van der Waals surface area contributed by atoms with Crippen molar-refractivity contribution < 1.29 is 13.2 Å². The van der Waals surface area contributed by atoms with Crippen LogP contribution in [0.4, 0.5) is 13.2 Å². The molecule has 2 nitrogen and oxygen atoms in total. The Hall–Kier alpha value is -0.340. The molecule has 112 valence electrons. The van der Waals surface area contributed by atoms with Crippen LogP contribution in [0.3, 0.4) is 0 Å². The lowest BCUT2D eigenvalue weighted by Gasteiger charge is -2.37. The number of alkyl halides is 3. The molecule has 0 unspecified atom stereocenters. The molecular weight excluding hydrogens is 380 g/mol. The van der Waals surface area contributed by atoms with Crippen molar-refractivity contribution in [3.63, 3.8) is 0 Å². The minimum atomic E-state index is -4.14. The van der Waals surface area contributed by atoms with E-state index in [2.05, 4.69) is 26.0 Å². The molecule has 0 amide bonds. The van der Waals surface area contributed by atoms with Gasteiger partial charge in [0.2, 0.25) is 0 Å². The molecule has 1 fully saturated rings. The van der Waals surface area contributed by atoms with E-state index in [4.69, 9.17) is 0 Å². The second-order valence-corrected chi connectivity index (χ2v) is 6.51. The molecule has 0 saturated carbocycles. The molecule has 20 heavy (non-hydrogen) atoms. The number of rotatable bonds is 4. The Morgan fingerprint density at radius 1 is 1.15 bits per heavy atom. The highest BCUT2D eigenvalue weighted by Gasteiger charge is 2.34. The van der Waals surface area contributed by atoms with Gasteiger partial charge < -0.3 is 0 Å². The van der Waals surface area contributed by atoms with E-state index in [0.717, 1.165) is 31.5 Å². The molecule has 0 radical (unpaired) electrons.